The molecule has 34 heavy (non-hydrogen) atoms. The van der Waals surface area contributed by atoms with Crippen molar-refractivity contribution in [2.75, 3.05) is 26.7 Å². The van der Waals surface area contributed by atoms with Crippen LogP contribution in [0.1, 0.15) is 37.8 Å². The van der Waals surface area contributed by atoms with Crippen LogP contribution in [0.4, 0.5) is 0 Å². The SMILES string of the molecule is C[C@@H]1CN([C@H](C)CO)S(=O)(=O)c2ccc(C#CC3CC3)cc2O[C@H]1CN(C)Cc1cccnc1. The van der Waals surface area contributed by atoms with Crippen LogP contribution in [-0.2, 0) is 16.6 Å². The van der Waals surface area contributed by atoms with E-state index in [-0.39, 0.29) is 30.1 Å². The van der Waals surface area contributed by atoms with Gasteiger partial charge >= 0.3 is 0 Å². The smallest absolute Gasteiger partial charge is 0.247 e. The fourth-order valence-electron chi connectivity index (χ4n) is 4.11. The van der Waals surface area contributed by atoms with E-state index < -0.39 is 16.1 Å². The summed E-state index contributed by atoms with van der Waals surface area (Å²) in [6.07, 6.45) is 5.59. The van der Waals surface area contributed by atoms with Gasteiger partial charge in [-0.05, 0) is 56.6 Å². The van der Waals surface area contributed by atoms with Crippen LogP contribution in [0.3, 0.4) is 0 Å². The molecule has 0 saturated heterocycles. The minimum absolute atomic E-state index is 0.102. The van der Waals surface area contributed by atoms with E-state index in [1.165, 1.54) is 4.31 Å². The first-order chi connectivity index (χ1) is 16.3. The number of hydrogen-bond acceptors (Lipinski definition) is 6. The molecule has 2 aliphatic rings. The van der Waals surface area contributed by atoms with E-state index in [2.05, 4.69) is 21.7 Å². The third kappa shape index (κ3) is 5.78. The van der Waals surface area contributed by atoms with Crippen molar-refractivity contribution < 1.29 is 18.3 Å². The lowest BCUT2D eigenvalue weighted by molar-refractivity contribution is 0.0733. The molecular formula is C26H33N3O4S. The first kappa shape index (κ1) is 24.7. The van der Waals surface area contributed by atoms with Gasteiger partial charge in [-0.1, -0.05) is 24.8 Å². The Hall–Kier alpha value is -2.44. The molecular weight excluding hydrogens is 450 g/mol. The fourth-order valence-corrected chi connectivity index (χ4v) is 5.94. The monoisotopic (exact) mass is 483 g/mol. The molecule has 7 nitrogen and oxygen atoms in total. The van der Waals surface area contributed by atoms with Crippen LogP contribution in [0.25, 0.3) is 0 Å². The summed E-state index contributed by atoms with van der Waals surface area (Å²) in [5.41, 5.74) is 1.85. The molecule has 0 bridgehead atoms. The van der Waals surface area contributed by atoms with Crippen LogP contribution in [0.15, 0.2) is 47.6 Å². The number of hydrogen-bond donors (Lipinski definition) is 1. The summed E-state index contributed by atoms with van der Waals surface area (Å²) in [6.45, 7) is 5.04. The summed E-state index contributed by atoms with van der Waals surface area (Å²) in [7, 11) is -1.83. The predicted octanol–water partition coefficient (Wildman–Crippen LogP) is 2.74. The van der Waals surface area contributed by atoms with Gasteiger partial charge < -0.3 is 9.84 Å². The first-order valence-corrected chi connectivity index (χ1v) is 13.2. The van der Waals surface area contributed by atoms with Crippen molar-refractivity contribution >= 4 is 10.0 Å². The predicted molar refractivity (Wildman–Crippen MR) is 131 cm³/mol. The van der Waals surface area contributed by atoms with Crippen LogP contribution in [0.2, 0.25) is 0 Å². The maximum absolute atomic E-state index is 13.6. The molecule has 0 amide bonds. The molecule has 1 aliphatic carbocycles. The summed E-state index contributed by atoms with van der Waals surface area (Å²) < 4.78 is 35.0. The molecule has 1 aliphatic heterocycles. The molecule has 2 heterocycles. The molecule has 182 valence electrons. The zero-order valence-corrected chi connectivity index (χ0v) is 20.8. The normalized spacial score (nSPS) is 23.1. The van der Waals surface area contributed by atoms with Gasteiger partial charge in [0.2, 0.25) is 10.0 Å². The van der Waals surface area contributed by atoms with Gasteiger partial charge in [-0.3, -0.25) is 9.88 Å². The topological polar surface area (TPSA) is 83.0 Å². The molecule has 0 unspecified atom stereocenters. The molecule has 2 aromatic rings. The molecule has 1 saturated carbocycles. The van der Waals surface area contributed by atoms with Crippen LogP contribution < -0.4 is 4.74 Å². The fraction of sp³-hybridized carbons (Fsp3) is 0.500. The average molecular weight is 484 g/mol. The minimum Gasteiger partial charge on any atom is -0.487 e. The molecule has 8 heteroatoms. The van der Waals surface area contributed by atoms with E-state index in [9.17, 15) is 13.5 Å². The molecule has 3 atom stereocenters. The molecule has 1 aromatic heterocycles. The summed E-state index contributed by atoms with van der Waals surface area (Å²) in [4.78, 5) is 6.47. The zero-order chi connectivity index (χ0) is 24.3. The second-order valence-corrected chi connectivity index (χ2v) is 11.4. The van der Waals surface area contributed by atoms with Crippen molar-refractivity contribution in [3.63, 3.8) is 0 Å². The quantitative estimate of drug-likeness (QED) is 0.637. The van der Waals surface area contributed by atoms with Gasteiger partial charge in [0.25, 0.3) is 0 Å². The highest BCUT2D eigenvalue weighted by atomic mass is 32.2. The number of ether oxygens (including phenoxy) is 1. The van der Waals surface area contributed by atoms with Gasteiger partial charge in [-0.15, -0.1) is 0 Å². The van der Waals surface area contributed by atoms with E-state index in [1.54, 1.807) is 31.3 Å². The van der Waals surface area contributed by atoms with Crippen LogP contribution in [-0.4, -0.2) is 66.6 Å². The van der Waals surface area contributed by atoms with Gasteiger partial charge in [0.1, 0.15) is 16.7 Å². The van der Waals surface area contributed by atoms with Crippen molar-refractivity contribution in [1.82, 2.24) is 14.2 Å². The Morgan fingerprint density at radius 1 is 1.32 bits per heavy atom. The number of likely N-dealkylation sites (N-methyl/N-ethyl adjacent to an activating group) is 1. The third-order valence-electron chi connectivity index (χ3n) is 6.33. The Bertz CT molecular complexity index is 1160. The Morgan fingerprint density at radius 2 is 2.12 bits per heavy atom. The molecule has 0 radical (unpaired) electrons. The molecule has 1 aromatic carbocycles. The highest BCUT2D eigenvalue weighted by Gasteiger charge is 2.38. The highest BCUT2D eigenvalue weighted by molar-refractivity contribution is 7.89. The van der Waals surface area contributed by atoms with Gasteiger partial charge in [-0.25, -0.2) is 8.42 Å². The van der Waals surface area contributed by atoms with E-state index >= 15 is 0 Å². The number of aliphatic hydroxyl groups excluding tert-OH is 1. The van der Waals surface area contributed by atoms with E-state index in [1.807, 2.05) is 32.3 Å². The first-order valence-electron chi connectivity index (χ1n) is 11.8. The van der Waals surface area contributed by atoms with Gasteiger partial charge in [0, 0.05) is 55.5 Å². The molecule has 0 spiro atoms. The number of nitrogens with zero attached hydrogens (tertiary/aromatic N) is 3. The van der Waals surface area contributed by atoms with E-state index in [0.717, 1.165) is 24.0 Å². The van der Waals surface area contributed by atoms with Gasteiger partial charge in [-0.2, -0.15) is 4.31 Å². The van der Waals surface area contributed by atoms with Gasteiger partial charge in [0.05, 0.1) is 6.61 Å². The summed E-state index contributed by atoms with van der Waals surface area (Å²) in [5, 5.41) is 9.79. The second kappa shape index (κ2) is 10.4. The largest absolute Gasteiger partial charge is 0.487 e. The Kier molecular flexibility index (Phi) is 7.58. The Morgan fingerprint density at radius 3 is 2.79 bits per heavy atom. The van der Waals surface area contributed by atoms with Crippen molar-refractivity contribution in [2.45, 2.75) is 50.3 Å². The standard InChI is InChI=1S/C26H33N3O4S/c1-19-15-29(20(2)18-30)34(31,32)26-11-10-22(9-8-21-6-7-21)13-24(26)33-25(19)17-28(3)16-23-5-4-12-27-14-23/h4-5,10-14,19-21,25,30H,6-7,15-18H2,1-3H3/t19-,20-,25+/m1/s1. The van der Waals surface area contributed by atoms with Crippen LogP contribution in [0, 0.1) is 23.7 Å². The average Bonchev–Trinajstić information content (AvgIpc) is 3.64. The Balaban J connectivity index is 1.66. The number of pyridine rings is 1. The lowest BCUT2D eigenvalue weighted by atomic mass is 10.0. The number of aromatic nitrogens is 1. The summed E-state index contributed by atoms with van der Waals surface area (Å²) >= 11 is 0. The highest BCUT2D eigenvalue weighted by Crippen LogP contribution is 2.34. The van der Waals surface area contributed by atoms with Crippen LogP contribution in [0.5, 0.6) is 5.75 Å². The van der Waals surface area contributed by atoms with Crippen molar-refractivity contribution in [1.29, 1.82) is 0 Å². The number of fused-ring (bicyclic) bond motifs is 1. The maximum atomic E-state index is 13.6. The lowest BCUT2D eigenvalue weighted by Crippen LogP contribution is -2.49. The van der Waals surface area contributed by atoms with Crippen LogP contribution >= 0.6 is 0 Å². The Labute approximate surface area is 202 Å². The van der Waals surface area contributed by atoms with Gasteiger partial charge in [0.15, 0.2) is 0 Å². The molecule has 4 rings (SSSR count). The zero-order valence-electron chi connectivity index (χ0n) is 20.0. The minimum atomic E-state index is -3.84. The third-order valence-corrected chi connectivity index (χ3v) is 8.35. The van der Waals surface area contributed by atoms with Crippen molar-refractivity contribution in [2.24, 2.45) is 11.8 Å². The second-order valence-electron chi connectivity index (χ2n) is 9.50. The maximum Gasteiger partial charge on any atom is 0.247 e. The number of benzene rings is 1. The van der Waals surface area contributed by atoms with E-state index in [0.29, 0.717) is 24.8 Å². The van der Waals surface area contributed by atoms with Crippen molar-refractivity contribution in [3.8, 4) is 17.6 Å². The molecule has 1 fully saturated rings. The lowest BCUT2D eigenvalue weighted by Gasteiger charge is -2.37. The van der Waals surface area contributed by atoms with E-state index in [4.69, 9.17) is 4.74 Å². The number of sulfonamides is 1. The number of aliphatic hydroxyl groups is 1. The summed E-state index contributed by atoms with van der Waals surface area (Å²) in [5.74, 6) is 7.07. The molecule has 1 N–H and O–H groups in total. The summed E-state index contributed by atoms with van der Waals surface area (Å²) in [6, 6.07) is 8.48. The van der Waals surface area contributed by atoms with Crippen molar-refractivity contribution in [3.05, 3.63) is 53.9 Å². The number of rotatable bonds is 6.